The van der Waals surface area contributed by atoms with Gasteiger partial charge in [0.05, 0.1) is 18.2 Å². The van der Waals surface area contributed by atoms with Crippen molar-refractivity contribution in [2.24, 2.45) is 0 Å². The van der Waals surface area contributed by atoms with Crippen LogP contribution in [0.15, 0.2) is 16.6 Å². The fraction of sp³-hybridized carbons (Fsp3) is 0.571. The monoisotopic (exact) mass is 331 g/mol. The summed E-state index contributed by atoms with van der Waals surface area (Å²) in [5, 5.41) is 12.1. The third-order valence-electron chi connectivity index (χ3n) is 2.59. The van der Waals surface area contributed by atoms with E-state index in [1.807, 2.05) is 12.1 Å². The summed E-state index contributed by atoms with van der Waals surface area (Å²) in [6, 6.07) is 4.00. The normalized spacial score (nSPS) is 10.5. The molecule has 0 saturated carbocycles. The van der Waals surface area contributed by atoms with Crippen LogP contribution >= 0.6 is 15.9 Å². The van der Waals surface area contributed by atoms with Crippen molar-refractivity contribution >= 4 is 15.9 Å². The van der Waals surface area contributed by atoms with Crippen LogP contribution < -0.4 is 14.8 Å². The Labute approximate surface area is 123 Å². The van der Waals surface area contributed by atoms with E-state index in [0.29, 0.717) is 24.5 Å². The summed E-state index contributed by atoms with van der Waals surface area (Å²) in [7, 11) is 1.63. The molecule has 4 nitrogen and oxygen atoms in total. The van der Waals surface area contributed by atoms with Gasteiger partial charge < -0.3 is 19.9 Å². The molecule has 0 spiro atoms. The minimum atomic E-state index is 0.124. The minimum absolute atomic E-state index is 0.124. The van der Waals surface area contributed by atoms with Gasteiger partial charge in [0, 0.05) is 19.6 Å². The Morgan fingerprint density at radius 3 is 2.79 bits per heavy atom. The Hall–Kier alpha value is -0.780. The maximum Gasteiger partial charge on any atom is 0.175 e. The highest BCUT2D eigenvalue weighted by Crippen LogP contribution is 2.36. The maximum absolute atomic E-state index is 8.77. The Balaban J connectivity index is 2.76. The SMILES string of the molecule is CCCNCc1cc(Br)c(OCCCO)c(OC)c1. The van der Waals surface area contributed by atoms with Gasteiger partial charge in [-0.1, -0.05) is 6.92 Å². The second kappa shape index (κ2) is 9.18. The van der Waals surface area contributed by atoms with Crippen LogP contribution in [0, 0.1) is 0 Å². The van der Waals surface area contributed by atoms with Crippen LogP contribution in [-0.4, -0.2) is 32.0 Å². The van der Waals surface area contributed by atoms with Gasteiger partial charge in [0.2, 0.25) is 0 Å². The molecular weight excluding hydrogens is 310 g/mol. The molecule has 0 atom stereocenters. The molecule has 0 aliphatic rings. The average molecular weight is 332 g/mol. The number of hydrogen-bond acceptors (Lipinski definition) is 4. The molecule has 0 aliphatic carbocycles. The van der Waals surface area contributed by atoms with Gasteiger partial charge in [-0.25, -0.2) is 0 Å². The molecular formula is C14H22BrNO3. The number of nitrogens with one attached hydrogen (secondary N) is 1. The number of hydrogen-bond donors (Lipinski definition) is 2. The van der Waals surface area contributed by atoms with Gasteiger partial charge in [0.1, 0.15) is 0 Å². The zero-order valence-corrected chi connectivity index (χ0v) is 13.1. The molecule has 0 unspecified atom stereocenters. The largest absolute Gasteiger partial charge is 0.493 e. The Kier molecular flexibility index (Phi) is 7.86. The van der Waals surface area contributed by atoms with Crippen molar-refractivity contribution < 1.29 is 14.6 Å². The summed E-state index contributed by atoms with van der Waals surface area (Å²) < 4.78 is 11.9. The first-order valence-corrected chi connectivity index (χ1v) is 7.33. The molecule has 1 rings (SSSR count). The highest BCUT2D eigenvalue weighted by atomic mass is 79.9. The first-order valence-electron chi connectivity index (χ1n) is 6.53. The fourth-order valence-corrected chi connectivity index (χ4v) is 2.27. The van der Waals surface area contributed by atoms with Crippen molar-refractivity contribution in [3.63, 3.8) is 0 Å². The highest BCUT2D eigenvalue weighted by Gasteiger charge is 2.11. The minimum Gasteiger partial charge on any atom is -0.493 e. The first-order chi connectivity index (χ1) is 9.22. The second-order valence-electron chi connectivity index (χ2n) is 4.21. The Morgan fingerprint density at radius 1 is 1.37 bits per heavy atom. The molecule has 19 heavy (non-hydrogen) atoms. The number of aliphatic hydroxyl groups excluding tert-OH is 1. The predicted molar refractivity (Wildman–Crippen MR) is 79.9 cm³/mol. The van der Waals surface area contributed by atoms with E-state index >= 15 is 0 Å². The molecule has 0 aliphatic heterocycles. The third-order valence-corrected chi connectivity index (χ3v) is 3.18. The van der Waals surface area contributed by atoms with Crippen LogP contribution in [0.4, 0.5) is 0 Å². The van der Waals surface area contributed by atoms with Crippen molar-refractivity contribution in [3.05, 3.63) is 22.2 Å². The average Bonchev–Trinajstić information content (AvgIpc) is 2.41. The van der Waals surface area contributed by atoms with Crippen molar-refractivity contribution in [3.8, 4) is 11.5 Å². The van der Waals surface area contributed by atoms with E-state index in [1.54, 1.807) is 7.11 Å². The van der Waals surface area contributed by atoms with Gasteiger partial charge in [0.15, 0.2) is 11.5 Å². The van der Waals surface area contributed by atoms with E-state index in [-0.39, 0.29) is 6.61 Å². The van der Waals surface area contributed by atoms with Gasteiger partial charge in [-0.3, -0.25) is 0 Å². The first kappa shape index (κ1) is 16.3. The number of rotatable bonds is 9. The van der Waals surface area contributed by atoms with E-state index in [2.05, 4.69) is 28.2 Å². The van der Waals surface area contributed by atoms with Crippen LogP contribution in [0.3, 0.4) is 0 Å². The molecule has 1 aromatic rings. The van der Waals surface area contributed by atoms with Gasteiger partial charge in [-0.2, -0.15) is 0 Å². The topological polar surface area (TPSA) is 50.7 Å². The van der Waals surface area contributed by atoms with E-state index in [4.69, 9.17) is 14.6 Å². The summed E-state index contributed by atoms with van der Waals surface area (Å²) in [5.41, 5.74) is 1.15. The number of ether oxygens (including phenoxy) is 2. The molecule has 0 aromatic heterocycles. The van der Waals surface area contributed by atoms with Crippen molar-refractivity contribution in [1.29, 1.82) is 0 Å². The van der Waals surface area contributed by atoms with Crippen molar-refractivity contribution in [1.82, 2.24) is 5.32 Å². The molecule has 2 N–H and O–H groups in total. The summed E-state index contributed by atoms with van der Waals surface area (Å²) in [5.74, 6) is 1.40. The molecule has 0 heterocycles. The lowest BCUT2D eigenvalue weighted by Gasteiger charge is -2.14. The van der Waals surface area contributed by atoms with Crippen LogP contribution in [-0.2, 0) is 6.54 Å². The molecule has 0 bridgehead atoms. The lowest BCUT2D eigenvalue weighted by molar-refractivity contribution is 0.227. The molecule has 0 amide bonds. The van der Waals surface area contributed by atoms with Crippen LogP contribution in [0.25, 0.3) is 0 Å². The molecule has 5 heteroatoms. The van der Waals surface area contributed by atoms with Gasteiger partial charge >= 0.3 is 0 Å². The molecule has 108 valence electrons. The van der Waals surface area contributed by atoms with Crippen molar-refractivity contribution in [2.75, 3.05) is 26.9 Å². The summed E-state index contributed by atoms with van der Waals surface area (Å²) in [4.78, 5) is 0. The number of halogens is 1. The van der Waals surface area contributed by atoms with Crippen molar-refractivity contribution in [2.45, 2.75) is 26.3 Å². The maximum atomic E-state index is 8.77. The van der Waals surface area contributed by atoms with E-state index in [1.165, 1.54) is 0 Å². The van der Waals surface area contributed by atoms with Gasteiger partial charge in [0.25, 0.3) is 0 Å². The lowest BCUT2D eigenvalue weighted by Crippen LogP contribution is -2.14. The zero-order valence-electron chi connectivity index (χ0n) is 11.5. The van der Waals surface area contributed by atoms with E-state index < -0.39 is 0 Å². The quantitative estimate of drug-likeness (QED) is 0.683. The van der Waals surface area contributed by atoms with E-state index in [9.17, 15) is 0 Å². The fourth-order valence-electron chi connectivity index (χ4n) is 1.66. The Morgan fingerprint density at radius 2 is 2.16 bits per heavy atom. The van der Waals surface area contributed by atoms with Crippen LogP contribution in [0.5, 0.6) is 11.5 Å². The number of methoxy groups -OCH3 is 1. The van der Waals surface area contributed by atoms with E-state index in [0.717, 1.165) is 29.5 Å². The number of benzene rings is 1. The molecule has 0 radical (unpaired) electrons. The third kappa shape index (κ3) is 5.38. The smallest absolute Gasteiger partial charge is 0.175 e. The van der Waals surface area contributed by atoms with Gasteiger partial charge in [-0.05, 0) is 46.6 Å². The molecule has 1 aromatic carbocycles. The summed E-state index contributed by atoms with van der Waals surface area (Å²) >= 11 is 3.50. The highest BCUT2D eigenvalue weighted by molar-refractivity contribution is 9.10. The molecule has 0 fully saturated rings. The zero-order chi connectivity index (χ0) is 14.1. The predicted octanol–water partition coefficient (Wildman–Crippen LogP) is 2.72. The van der Waals surface area contributed by atoms with Crippen LogP contribution in [0.2, 0.25) is 0 Å². The Bertz CT molecular complexity index is 385. The van der Waals surface area contributed by atoms with Crippen LogP contribution in [0.1, 0.15) is 25.3 Å². The lowest BCUT2D eigenvalue weighted by atomic mass is 10.2. The standard InChI is InChI=1S/C14H22BrNO3/c1-3-5-16-10-11-8-12(15)14(13(9-11)18-2)19-7-4-6-17/h8-9,16-17H,3-7,10H2,1-2H3. The second-order valence-corrected chi connectivity index (χ2v) is 5.07. The van der Waals surface area contributed by atoms with Gasteiger partial charge in [-0.15, -0.1) is 0 Å². The molecule has 0 saturated heterocycles. The summed E-state index contributed by atoms with van der Waals surface area (Å²) in [6.07, 6.45) is 1.72. The number of aliphatic hydroxyl groups is 1. The summed E-state index contributed by atoms with van der Waals surface area (Å²) in [6.45, 7) is 4.54.